The number of anilines is 2. The van der Waals surface area contributed by atoms with Crippen LogP contribution in [0.5, 0.6) is 0 Å². The summed E-state index contributed by atoms with van der Waals surface area (Å²) in [6.45, 7) is 0. The number of non-ortho nitro benzene ring substituents is 4. The molecule has 0 heterocycles. The Morgan fingerprint density at radius 2 is 0.750 bits per heavy atom. The van der Waals surface area contributed by atoms with E-state index in [1.807, 2.05) is 0 Å². The number of carbonyl (C=O) groups excluding carboxylic acids is 2. The van der Waals surface area contributed by atoms with E-state index in [-0.39, 0.29) is 22.5 Å². The van der Waals surface area contributed by atoms with Crippen molar-refractivity contribution in [2.75, 3.05) is 10.6 Å². The third-order valence-corrected chi connectivity index (χ3v) is 4.57. The number of rotatable bonds is 8. The highest BCUT2D eigenvalue weighted by Gasteiger charge is 2.21. The predicted molar refractivity (Wildman–Crippen MR) is 122 cm³/mol. The number of benzene rings is 3. The predicted octanol–water partition coefficient (Wildman–Crippen LogP) is 3.82. The minimum atomic E-state index is -0.878. The molecule has 36 heavy (non-hydrogen) atoms. The van der Waals surface area contributed by atoms with Crippen LogP contribution in [0.3, 0.4) is 0 Å². The summed E-state index contributed by atoms with van der Waals surface area (Å²) in [4.78, 5) is 65.4. The molecular formula is C20H12N6O10. The Bertz CT molecular complexity index is 1260. The molecule has 0 aliphatic carbocycles. The van der Waals surface area contributed by atoms with Crippen molar-refractivity contribution in [3.63, 3.8) is 0 Å². The molecule has 0 unspecified atom stereocenters. The lowest BCUT2D eigenvalue weighted by atomic mass is 10.1. The molecule has 3 aromatic rings. The van der Waals surface area contributed by atoms with Gasteiger partial charge in [-0.1, -0.05) is 0 Å². The minimum Gasteiger partial charge on any atom is -0.322 e. The van der Waals surface area contributed by atoms with E-state index in [4.69, 9.17) is 0 Å². The second-order valence-corrected chi connectivity index (χ2v) is 6.99. The van der Waals surface area contributed by atoms with Crippen LogP contribution in [0.4, 0.5) is 34.1 Å². The molecule has 0 bridgehead atoms. The van der Waals surface area contributed by atoms with Crippen LogP contribution in [0.25, 0.3) is 0 Å². The van der Waals surface area contributed by atoms with Gasteiger partial charge in [0, 0.05) is 35.6 Å². The molecule has 0 aliphatic rings. The summed E-state index contributed by atoms with van der Waals surface area (Å²) < 4.78 is 0. The van der Waals surface area contributed by atoms with Crippen molar-refractivity contribution in [1.29, 1.82) is 0 Å². The van der Waals surface area contributed by atoms with Crippen LogP contribution in [0.1, 0.15) is 20.7 Å². The summed E-state index contributed by atoms with van der Waals surface area (Å²) in [5, 5.41) is 48.8. The maximum absolute atomic E-state index is 12.4. The molecule has 3 aromatic carbocycles. The van der Waals surface area contributed by atoms with Crippen molar-refractivity contribution in [2.24, 2.45) is 0 Å². The monoisotopic (exact) mass is 496 g/mol. The van der Waals surface area contributed by atoms with E-state index >= 15 is 0 Å². The summed E-state index contributed by atoms with van der Waals surface area (Å²) in [6, 6.07) is 10.2. The van der Waals surface area contributed by atoms with Gasteiger partial charge in [-0.2, -0.15) is 0 Å². The van der Waals surface area contributed by atoms with Crippen molar-refractivity contribution in [2.45, 2.75) is 0 Å². The molecule has 0 radical (unpaired) electrons. The molecular weight excluding hydrogens is 484 g/mol. The highest BCUT2D eigenvalue weighted by Crippen LogP contribution is 2.25. The van der Waals surface area contributed by atoms with Gasteiger partial charge in [-0.05, 0) is 24.3 Å². The average molecular weight is 496 g/mol. The number of amides is 2. The van der Waals surface area contributed by atoms with E-state index in [0.29, 0.717) is 12.1 Å². The van der Waals surface area contributed by atoms with Crippen molar-refractivity contribution in [1.82, 2.24) is 0 Å². The first-order chi connectivity index (χ1) is 16.9. The Morgan fingerprint density at radius 1 is 0.500 bits per heavy atom. The Morgan fingerprint density at radius 3 is 0.972 bits per heavy atom. The zero-order valence-corrected chi connectivity index (χ0v) is 17.6. The normalized spacial score (nSPS) is 10.2. The second-order valence-electron chi connectivity index (χ2n) is 6.99. The topological polar surface area (TPSA) is 231 Å². The number of nitro groups is 4. The fourth-order valence-corrected chi connectivity index (χ4v) is 2.92. The van der Waals surface area contributed by atoms with E-state index < -0.39 is 54.3 Å². The molecule has 0 saturated heterocycles. The molecule has 2 N–H and O–H groups in total. The third kappa shape index (κ3) is 5.76. The zero-order valence-electron chi connectivity index (χ0n) is 17.6. The van der Waals surface area contributed by atoms with Crippen LogP contribution in [-0.2, 0) is 0 Å². The molecule has 0 aliphatic heterocycles. The standard InChI is InChI=1S/C20H12N6O10/c27-19(11-5-15(23(29)30)9-16(6-11)24(31)32)21-13-1-2-14(4-3-13)22-20(28)12-7-17(25(33)34)10-18(8-12)26(35)36/h1-10H,(H,21,27)(H,22,28). The number of nitrogens with zero attached hydrogens (tertiary/aromatic N) is 4. The summed E-state index contributed by atoms with van der Waals surface area (Å²) >= 11 is 0. The largest absolute Gasteiger partial charge is 0.322 e. The van der Waals surface area contributed by atoms with Gasteiger partial charge < -0.3 is 10.6 Å². The number of nitrogens with one attached hydrogen (secondary N) is 2. The van der Waals surface area contributed by atoms with Crippen LogP contribution in [-0.4, -0.2) is 31.5 Å². The van der Waals surface area contributed by atoms with Crippen molar-refractivity contribution in [3.05, 3.63) is 112 Å². The van der Waals surface area contributed by atoms with Crippen molar-refractivity contribution in [3.8, 4) is 0 Å². The quantitative estimate of drug-likeness (QED) is 0.338. The second kappa shape index (κ2) is 10.00. The molecule has 0 atom stereocenters. The Kier molecular flexibility index (Phi) is 6.90. The van der Waals surface area contributed by atoms with Crippen LogP contribution >= 0.6 is 0 Å². The number of carbonyl (C=O) groups is 2. The maximum Gasteiger partial charge on any atom is 0.277 e. The number of nitro benzene ring substituents is 4. The Labute approximate surface area is 198 Å². The molecule has 182 valence electrons. The van der Waals surface area contributed by atoms with Gasteiger partial charge in [0.25, 0.3) is 34.6 Å². The van der Waals surface area contributed by atoms with Crippen molar-refractivity contribution >= 4 is 45.9 Å². The lowest BCUT2D eigenvalue weighted by Crippen LogP contribution is -2.14. The summed E-state index contributed by atoms with van der Waals surface area (Å²) in [7, 11) is 0. The molecule has 0 saturated carbocycles. The van der Waals surface area contributed by atoms with E-state index in [9.17, 15) is 50.0 Å². The van der Waals surface area contributed by atoms with Crippen LogP contribution in [0.15, 0.2) is 60.7 Å². The van der Waals surface area contributed by atoms with Gasteiger partial charge in [0.1, 0.15) is 0 Å². The van der Waals surface area contributed by atoms with Crippen LogP contribution < -0.4 is 10.6 Å². The minimum absolute atomic E-state index is 0.165. The zero-order chi connectivity index (χ0) is 26.6. The first-order valence-corrected chi connectivity index (χ1v) is 9.55. The average Bonchev–Trinajstić information content (AvgIpc) is 2.84. The van der Waals surface area contributed by atoms with Gasteiger partial charge in [0.05, 0.1) is 43.0 Å². The maximum atomic E-state index is 12.4. The van der Waals surface area contributed by atoms with E-state index in [1.54, 1.807) is 0 Å². The number of hydrogen-bond acceptors (Lipinski definition) is 10. The summed E-state index contributed by atoms with van der Waals surface area (Å²) in [5.74, 6) is -1.75. The fourth-order valence-electron chi connectivity index (χ4n) is 2.92. The van der Waals surface area contributed by atoms with Gasteiger partial charge in [-0.15, -0.1) is 0 Å². The molecule has 0 fully saturated rings. The van der Waals surface area contributed by atoms with Gasteiger partial charge in [0.2, 0.25) is 0 Å². The fraction of sp³-hybridized carbons (Fsp3) is 0. The smallest absolute Gasteiger partial charge is 0.277 e. The van der Waals surface area contributed by atoms with Crippen molar-refractivity contribution < 1.29 is 29.3 Å². The number of hydrogen-bond donors (Lipinski definition) is 2. The van der Waals surface area contributed by atoms with Gasteiger partial charge in [-0.3, -0.25) is 50.0 Å². The van der Waals surface area contributed by atoms with Gasteiger partial charge >= 0.3 is 0 Å². The van der Waals surface area contributed by atoms with Crippen LogP contribution in [0.2, 0.25) is 0 Å². The molecule has 0 spiro atoms. The first-order valence-electron chi connectivity index (χ1n) is 9.55. The van der Waals surface area contributed by atoms with Gasteiger partial charge in [-0.25, -0.2) is 0 Å². The molecule has 2 amide bonds. The highest BCUT2D eigenvalue weighted by atomic mass is 16.6. The first kappa shape index (κ1) is 24.8. The van der Waals surface area contributed by atoms with E-state index in [1.165, 1.54) is 24.3 Å². The third-order valence-electron chi connectivity index (χ3n) is 4.57. The SMILES string of the molecule is O=C(Nc1ccc(NC(=O)c2cc([N+](=O)[O-])cc([N+](=O)[O-])c2)cc1)c1cc([N+](=O)[O-])cc([N+](=O)[O-])c1. The molecule has 3 rings (SSSR count). The molecule has 0 aromatic heterocycles. The lowest BCUT2D eigenvalue weighted by Gasteiger charge is -2.08. The summed E-state index contributed by atoms with van der Waals surface area (Å²) in [5.41, 5.74) is -2.91. The van der Waals surface area contributed by atoms with E-state index in [0.717, 1.165) is 24.3 Å². The Hall–Kier alpha value is -5.80. The lowest BCUT2D eigenvalue weighted by molar-refractivity contribution is -0.394. The highest BCUT2D eigenvalue weighted by molar-refractivity contribution is 6.06. The Balaban J connectivity index is 1.76. The van der Waals surface area contributed by atoms with E-state index in [2.05, 4.69) is 10.6 Å². The van der Waals surface area contributed by atoms with Gasteiger partial charge in [0.15, 0.2) is 0 Å². The molecule has 16 heteroatoms. The summed E-state index contributed by atoms with van der Waals surface area (Å²) in [6.07, 6.45) is 0. The molecule has 16 nitrogen and oxygen atoms in total. The van der Waals surface area contributed by atoms with Crippen LogP contribution in [0, 0.1) is 40.5 Å².